The molecule has 3 heterocycles. The smallest absolute Gasteiger partial charge is 0.0385 e. The van der Waals surface area contributed by atoms with E-state index in [9.17, 15) is 0 Å². The zero-order valence-electron chi connectivity index (χ0n) is 12.5. The zero-order chi connectivity index (χ0) is 13.3. The normalized spacial score (nSPS) is 40.1. The van der Waals surface area contributed by atoms with Crippen molar-refractivity contribution >= 4 is 22.7 Å². The van der Waals surface area contributed by atoms with Gasteiger partial charge in [0.05, 0.1) is 0 Å². The fraction of sp³-hybridized carbons (Fsp3) is 0.667. The highest BCUT2D eigenvalue weighted by Crippen LogP contribution is 2.62. The van der Waals surface area contributed by atoms with Crippen LogP contribution in [0.1, 0.15) is 61.6 Å². The topological polar surface area (TPSA) is 29.3 Å². The number of rotatable bonds is 0. The van der Waals surface area contributed by atoms with Crippen LogP contribution in [0.2, 0.25) is 0 Å². The molecule has 2 saturated heterocycles. The minimum absolute atomic E-state index is 0. The Morgan fingerprint density at radius 3 is 2.71 bits per heavy atom. The SMILES string of the molecule is Br.Nc1ccc2c(c1)C1C3CCCC3C2N2CCCCC12. The molecule has 0 radical (unpaired) electrons. The highest BCUT2D eigenvalue weighted by Gasteiger charge is 2.56. The molecule has 5 aliphatic rings. The van der Waals surface area contributed by atoms with Gasteiger partial charge in [-0.15, -0.1) is 17.0 Å². The summed E-state index contributed by atoms with van der Waals surface area (Å²) in [5.41, 5.74) is 10.3. The van der Waals surface area contributed by atoms with Crippen molar-refractivity contribution in [2.45, 2.75) is 56.5 Å². The number of hydrogen-bond donors (Lipinski definition) is 1. The number of benzene rings is 1. The predicted molar refractivity (Wildman–Crippen MR) is 91.8 cm³/mol. The molecule has 2 aliphatic carbocycles. The average Bonchev–Trinajstić information content (AvgIpc) is 2.96. The Morgan fingerprint density at radius 2 is 1.81 bits per heavy atom. The molecule has 21 heavy (non-hydrogen) atoms. The van der Waals surface area contributed by atoms with Gasteiger partial charge in [-0.25, -0.2) is 0 Å². The second kappa shape index (κ2) is 4.99. The van der Waals surface area contributed by atoms with E-state index in [0.29, 0.717) is 6.04 Å². The second-order valence-electron chi connectivity index (χ2n) is 7.42. The predicted octanol–water partition coefficient (Wildman–Crippen LogP) is 4.27. The Kier molecular flexibility index (Phi) is 3.34. The first-order valence-electron chi connectivity index (χ1n) is 8.49. The van der Waals surface area contributed by atoms with Gasteiger partial charge in [0.2, 0.25) is 0 Å². The van der Waals surface area contributed by atoms with Crippen molar-refractivity contribution in [2.75, 3.05) is 12.3 Å². The molecule has 1 aromatic rings. The molecule has 3 heteroatoms. The van der Waals surface area contributed by atoms with Gasteiger partial charge in [-0.1, -0.05) is 18.9 Å². The maximum Gasteiger partial charge on any atom is 0.0385 e. The van der Waals surface area contributed by atoms with Crippen LogP contribution >= 0.6 is 17.0 Å². The minimum Gasteiger partial charge on any atom is -0.399 e. The first-order valence-corrected chi connectivity index (χ1v) is 8.49. The minimum atomic E-state index is 0. The van der Waals surface area contributed by atoms with Crippen molar-refractivity contribution in [3.05, 3.63) is 29.3 Å². The third-order valence-electron chi connectivity index (χ3n) is 6.64. The lowest BCUT2D eigenvalue weighted by molar-refractivity contribution is -0.0440. The number of nitrogens with zero attached hydrogens (tertiary/aromatic N) is 1. The van der Waals surface area contributed by atoms with Gasteiger partial charge in [0.25, 0.3) is 0 Å². The molecule has 3 aliphatic heterocycles. The summed E-state index contributed by atoms with van der Waals surface area (Å²) in [4.78, 5) is 2.89. The highest BCUT2D eigenvalue weighted by molar-refractivity contribution is 8.93. The molecule has 5 atom stereocenters. The Bertz CT molecular complexity index is 558. The highest BCUT2D eigenvalue weighted by atomic mass is 79.9. The summed E-state index contributed by atoms with van der Waals surface area (Å²) >= 11 is 0. The first kappa shape index (κ1) is 14.1. The largest absolute Gasteiger partial charge is 0.399 e. The average molecular weight is 349 g/mol. The van der Waals surface area contributed by atoms with Crippen LogP contribution in [-0.4, -0.2) is 17.5 Å². The Morgan fingerprint density at radius 1 is 0.952 bits per heavy atom. The van der Waals surface area contributed by atoms with Gasteiger partial charge in [-0.2, -0.15) is 0 Å². The maximum absolute atomic E-state index is 6.11. The number of halogens is 1. The fourth-order valence-corrected chi connectivity index (χ4v) is 6.10. The molecule has 1 saturated carbocycles. The first-order chi connectivity index (χ1) is 9.84. The van der Waals surface area contributed by atoms with Crippen LogP contribution in [0, 0.1) is 11.8 Å². The monoisotopic (exact) mass is 348 g/mol. The van der Waals surface area contributed by atoms with Crippen molar-refractivity contribution in [1.29, 1.82) is 0 Å². The molecular formula is C18H25BrN2. The van der Waals surface area contributed by atoms with E-state index in [0.717, 1.165) is 29.5 Å². The summed E-state index contributed by atoms with van der Waals surface area (Å²) in [6, 6.07) is 8.33. The van der Waals surface area contributed by atoms with Crippen LogP contribution in [0.4, 0.5) is 5.69 Å². The van der Waals surface area contributed by atoms with E-state index in [1.54, 1.807) is 11.1 Å². The maximum atomic E-state index is 6.11. The van der Waals surface area contributed by atoms with E-state index in [-0.39, 0.29) is 17.0 Å². The quantitative estimate of drug-likeness (QED) is 0.709. The molecule has 0 amide bonds. The molecule has 2 bridgehead atoms. The molecule has 0 aromatic heterocycles. The number of anilines is 1. The van der Waals surface area contributed by atoms with Crippen molar-refractivity contribution < 1.29 is 0 Å². The molecule has 5 unspecified atom stereocenters. The summed E-state index contributed by atoms with van der Waals surface area (Å²) in [5, 5.41) is 0. The number of piperidine rings is 2. The summed E-state index contributed by atoms with van der Waals surface area (Å²) < 4.78 is 0. The van der Waals surface area contributed by atoms with Crippen molar-refractivity contribution in [2.24, 2.45) is 11.8 Å². The van der Waals surface area contributed by atoms with Crippen molar-refractivity contribution in [1.82, 2.24) is 4.90 Å². The van der Waals surface area contributed by atoms with Crippen LogP contribution in [0.25, 0.3) is 0 Å². The second-order valence-corrected chi connectivity index (χ2v) is 7.42. The van der Waals surface area contributed by atoms with Gasteiger partial charge in [0.15, 0.2) is 0 Å². The Balaban J connectivity index is 0.00000115. The summed E-state index contributed by atoms with van der Waals surface area (Å²) in [6.45, 7) is 1.33. The van der Waals surface area contributed by atoms with Crippen LogP contribution < -0.4 is 5.73 Å². The lowest BCUT2D eigenvalue weighted by Gasteiger charge is -2.59. The number of nitrogen functional groups attached to an aromatic ring is 1. The summed E-state index contributed by atoms with van der Waals surface area (Å²) in [6.07, 6.45) is 8.62. The van der Waals surface area contributed by atoms with Crippen LogP contribution in [0.3, 0.4) is 0 Å². The van der Waals surface area contributed by atoms with E-state index in [1.165, 1.54) is 45.1 Å². The van der Waals surface area contributed by atoms with Gasteiger partial charge < -0.3 is 5.73 Å². The molecule has 6 rings (SSSR count). The zero-order valence-corrected chi connectivity index (χ0v) is 14.2. The third kappa shape index (κ3) is 1.80. The van der Waals surface area contributed by atoms with Crippen LogP contribution in [0.15, 0.2) is 18.2 Å². The Labute approximate surface area is 137 Å². The molecular weight excluding hydrogens is 324 g/mol. The number of nitrogens with two attached hydrogens (primary N) is 1. The van der Waals surface area contributed by atoms with Gasteiger partial charge in [-0.3, -0.25) is 4.90 Å². The Hall–Kier alpha value is -0.540. The molecule has 114 valence electrons. The molecule has 1 aromatic carbocycles. The fourth-order valence-electron chi connectivity index (χ4n) is 6.10. The van der Waals surface area contributed by atoms with E-state index in [4.69, 9.17) is 5.73 Å². The van der Waals surface area contributed by atoms with E-state index >= 15 is 0 Å². The standard InChI is InChI=1S/C18H24N2.BrH/c19-11-7-8-14-15(10-11)17-12-4-3-5-13(12)18(14)20-9-2-1-6-16(17)20;/h7-8,10,12-13,16-18H,1-6,9,19H2;1H. The van der Waals surface area contributed by atoms with E-state index < -0.39 is 0 Å². The third-order valence-corrected chi connectivity index (χ3v) is 6.64. The lowest BCUT2D eigenvalue weighted by Crippen LogP contribution is -2.58. The molecule has 0 spiro atoms. The van der Waals surface area contributed by atoms with Gasteiger partial charge in [0, 0.05) is 23.7 Å². The summed E-state index contributed by atoms with van der Waals surface area (Å²) in [5.74, 6) is 2.67. The van der Waals surface area contributed by atoms with Gasteiger partial charge in [0.1, 0.15) is 0 Å². The number of hydrogen-bond acceptors (Lipinski definition) is 2. The molecule has 2 N–H and O–H groups in total. The molecule has 2 nitrogen and oxygen atoms in total. The lowest BCUT2D eigenvalue weighted by atomic mass is 9.59. The van der Waals surface area contributed by atoms with E-state index in [1.807, 2.05) is 0 Å². The summed E-state index contributed by atoms with van der Waals surface area (Å²) in [7, 11) is 0. The molecule has 3 fully saturated rings. The van der Waals surface area contributed by atoms with Crippen LogP contribution in [-0.2, 0) is 0 Å². The van der Waals surface area contributed by atoms with E-state index in [2.05, 4.69) is 23.1 Å². The van der Waals surface area contributed by atoms with Crippen LogP contribution in [0.5, 0.6) is 0 Å². The van der Waals surface area contributed by atoms with Gasteiger partial charge in [-0.05, 0) is 67.3 Å². The van der Waals surface area contributed by atoms with Crippen molar-refractivity contribution in [3.63, 3.8) is 0 Å². The van der Waals surface area contributed by atoms with Crippen molar-refractivity contribution in [3.8, 4) is 0 Å². The van der Waals surface area contributed by atoms with Gasteiger partial charge >= 0.3 is 0 Å².